The first-order valence-corrected chi connectivity index (χ1v) is 5.90. The lowest BCUT2D eigenvalue weighted by molar-refractivity contribution is 0.0413. The molecule has 0 aliphatic heterocycles. The van der Waals surface area contributed by atoms with Crippen LogP contribution in [0.25, 0.3) is 0 Å². The number of rotatable bonds is 4. The number of halogens is 2. The summed E-state index contributed by atoms with van der Waals surface area (Å²) in [5, 5.41) is 10.1. The average Bonchev–Trinajstić information content (AvgIpc) is 2.26. The molecule has 1 aromatic rings. The molecule has 1 aromatic carbocycles. The first-order chi connectivity index (χ1) is 8.13. The third-order valence-corrected chi connectivity index (χ3v) is 3.56. The molecule has 2 atom stereocenters. The van der Waals surface area contributed by atoms with Gasteiger partial charge in [-0.2, -0.15) is 0 Å². The molecule has 2 rings (SSSR count). The summed E-state index contributed by atoms with van der Waals surface area (Å²) in [5.41, 5.74) is 6.71. The molecule has 18 heavy (non-hydrogen) atoms. The van der Waals surface area contributed by atoms with E-state index in [0.29, 0.717) is 5.56 Å². The summed E-state index contributed by atoms with van der Waals surface area (Å²) < 4.78 is 18.1. The maximum absolute atomic E-state index is 13.2. The van der Waals surface area contributed by atoms with Crippen molar-refractivity contribution in [1.82, 2.24) is 0 Å². The molecule has 5 heteroatoms. The zero-order valence-electron chi connectivity index (χ0n) is 10.3. The van der Waals surface area contributed by atoms with Crippen molar-refractivity contribution in [2.75, 3.05) is 7.11 Å². The molecule has 0 heterocycles. The highest BCUT2D eigenvalue weighted by Gasteiger charge is 2.30. The van der Waals surface area contributed by atoms with Crippen LogP contribution in [0.3, 0.4) is 0 Å². The van der Waals surface area contributed by atoms with Gasteiger partial charge in [0, 0.05) is 0 Å². The topological polar surface area (TPSA) is 55.5 Å². The van der Waals surface area contributed by atoms with E-state index >= 15 is 0 Å². The highest BCUT2D eigenvalue weighted by molar-refractivity contribution is 5.85. The normalized spacial score (nSPS) is 18.4. The summed E-state index contributed by atoms with van der Waals surface area (Å²) in [6.45, 7) is 0. The molecule has 3 N–H and O–H groups in total. The van der Waals surface area contributed by atoms with Gasteiger partial charge in [-0.25, -0.2) is 4.39 Å². The monoisotopic (exact) mass is 275 g/mol. The minimum Gasteiger partial charge on any atom is -0.494 e. The van der Waals surface area contributed by atoms with Gasteiger partial charge >= 0.3 is 0 Å². The van der Waals surface area contributed by atoms with Crippen LogP contribution in [0.4, 0.5) is 4.39 Å². The van der Waals surface area contributed by atoms with Gasteiger partial charge in [-0.15, -0.1) is 12.4 Å². The summed E-state index contributed by atoms with van der Waals surface area (Å²) in [5.74, 6) is 0.0291. The van der Waals surface area contributed by atoms with Gasteiger partial charge in [0.2, 0.25) is 0 Å². The van der Waals surface area contributed by atoms with E-state index in [-0.39, 0.29) is 24.1 Å². The molecule has 1 fully saturated rings. The lowest BCUT2D eigenvalue weighted by atomic mass is 9.77. The fraction of sp³-hybridized carbons (Fsp3) is 0.538. The van der Waals surface area contributed by atoms with E-state index in [2.05, 4.69) is 0 Å². The molecular formula is C13H19ClFNO2. The van der Waals surface area contributed by atoms with E-state index in [1.54, 1.807) is 12.1 Å². The molecule has 1 saturated carbocycles. The number of hydrogen-bond donors (Lipinski definition) is 2. The molecule has 1 aliphatic rings. The Balaban J connectivity index is 0.00000162. The molecule has 0 saturated heterocycles. The Morgan fingerprint density at radius 1 is 1.44 bits per heavy atom. The van der Waals surface area contributed by atoms with Crippen LogP contribution in [0, 0.1) is 11.7 Å². The predicted molar refractivity (Wildman–Crippen MR) is 70.5 cm³/mol. The van der Waals surface area contributed by atoms with Gasteiger partial charge in [0.1, 0.15) is 0 Å². The molecule has 3 nitrogen and oxygen atoms in total. The molecule has 102 valence electrons. The molecule has 1 aliphatic carbocycles. The standard InChI is InChI=1S/C13H18FNO2.ClH/c1-17-11-7-9(5-6-10(11)14)12(15)13(16)8-3-2-4-8;/h5-8,12-13,16H,2-4,15H2,1H3;1H/t12-,13+;/m0./s1. The van der Waals surface area contributed by atoms with E-state index in [1.807, 2.05) is 0 Å². The first-order valence-electron chi connectivity index (χ1n) is 5.90. The van der Waals surface area contributed by atoms with Crippen molar-refractivity contribution in [1.29, 1.82) is 0 Å². The van der Waals surface area contributed by atoms with E-state index in [9.17, 15) is 9.50 Å². The van der Waals surface area contributed by atoms with Gasteiger partial charge in [0.25, 0.3) is 0 Å². The molecule has 0 amide bonds. The number of aliphatic hydroxyl groups is 1. The van der Waals surface area contributed by atoms with Crippen LogP contribution in [0.1, 0.15) is 30.9 Å². The second kappa shape index (κ2) is 6.36. The van der Waals surface area contributed by atoms with Crippen LogP contribution in [0.5, 0.6) is 5.75 Å². The van der Waals surface area contributed by atoms with Gasteiger partial charge in [-0.3, -0.25) is 0 Å². The highest BCUT2D eigenvalue weighted by Crippen LogP contribution is 2.35. The van der Waals surface area contributed by atoms with Crippen molar-refractivity contribution in [3.05, 3.63) is 29.6 Å². The quantitative estimate of drug-likeness (QED) is 0.887. The average molecular weight is 276 g/mol. The van der Waals surface area contributed by atoms with Crippen LogP contribution in [-0.2, 0) is 0 Å². The number of ether oxygens (including phenoxy) is 1. The minimum absolute atomic E-state index is 0. The Labute approximate surface area is 113 Å². The van der Waals surface area contributed by atoms with Crippen molar-refractivity contribution >= 4 is 12.4 Å². The van der Waals surface area contributed by atoms with Gasteiger partial charge < -0.3 is 15.6 Å². The van der Waals surface area contributed by atoms with Crippen LogP contribution < -0.4 is 10.5 Å². The summed E-state index contributed by atoms with van der Waals surface area (Å²) in [7, 11) is 1.41. The van der Waals surface area contributed by atoms with E-state index in [1.165, 1.54) is 13.2 Å². The molecule has 0 radical (unpaired) electrons. The van der Waals surface area contributed by atoms with E-state index < -0.39 is 18.0 Å². The zero-order chi connectivity index (χ0) is 12.4. The maximum Gasteiger partial charge on any atom is 0.165 e. The van der Waals surface area contributed by atoms with Crippen molar-refractivity contribution in [2.45, 2.75) is 31.4 Å². The number of benzene rings is 1. The number of methoxy groups -OCH3 is 1. The summed E-state index contributed by atoms with van der Waals surface area (Å²) in [4.78, 5) is 0. The third-order valence-electron chi connectivity index (χ3n) is 3.56. The fourth-order valence-corrected chi connectivity index (χ4v) is 2.16. The van der Waals surface area contributed by atoms with Gasteiger partial charge in [-0.05, 0) is 36.5 Å². The van der Waals surface area contributed by atoms with Crippen molar-refractivity contribution in [3.8, 4) is 5.75 Å². The lowest BCUT2D eigenvalue weighted by Crippen LogP contribution is -2.36. The summed E-state index contributed by atoms with van der Waals surface area (Å²) >= 11 is 0. The highest BCUT2D eigenvalue weighted by atomic mass is 35.5. The van der Waals surface area contributed by atoms with Crippen LogP contribution in [-0.4, -0.2) is 18.3 Å². The Hall–Kier alpha value is -0.840. The predicted octanol–water partition coefficient (Wildman–Crippen LogP) is 2.42. The fourth-order valence-electron chi connectivity index (χ4n) is 2.16. The Morgan fingerprint density at radius 3 is 2.61 bits per heavy atom. The largest absolute Gasteiger partial charge is 0.494 e. The van der Waals surface area contributed by atoms with Gasteiger partial charge in [0.05, 0.1) is 19.3 Å². The molecule has 0 spiro atoms. The van der Waals surface area contributed by atoms with Crippen molar-refractivity contribution < 1.29 is 14.2 Å². The molecule has 0 aromatic heterocycles. The lowest BCUT2D eigenvalue weighted by Gasteiger charge is -2.33. The van der Waals surface area contributed by atoms with Crippen LogP contribution in [0.2, 0.25) is 0 Å². The second-order valence-electron chi connectivity index (χ2n) is 4.60. The van der Waals surface area contributed by atoms with E-state index in [4.69, 9.17) is 10.5 Å². The zero-order valence-corrected chi connectivity index (χ0v) is 11.1. The van der Waals surface area contributed by atoms with Crippen molar-refractivity contribution in [2.24, 2.45) is 11.7 Å². The molecular weight excluding hydrogens is 257 g/mol. The smallest absolute Gasteiger partial charge is 0.165 e. The number of hydrogen-bond acceptors (Lipinski definition) is 3. The second-order valence-corrected chi connectivity index (χ2v) is 4.60. The Morgan fingerprint density at radius 2 is 2.11 bits per heavy atom. The summed E-state index contributed by atoms with van der Waals surface area (Å²) in [6.07, 6.45) is 2.64. The maximum atomic E-state index is 13.2. The number of nitrogens with two attached hydrogens (primary N) is 1. The SMILES string of the molecule is COc1cc([C@H](N)[C@H](O)C2CCC2)ccc1F.Cl. The van der Waals surface area contributed by atoms with Gasteiger partial charge in [0.15, 0.2) is 11.6 Å². The van der Waals surface area contributed by atoms with Crippen molar-refractivity contribution in [3.63, 3.8) is 0 Å². The third kappa shape index (κ3) is 2.94. The van der Waals surface area contributed by atoms with Crippen LogP contribution in [0.15, 0.2) is 18.2 Å². The van der Waals surface area contributed by atoms with E-state index in [0.717, 1.165) is 19.3 Å². The summed E-state index contributed by atoms with van der Waals surface area (Å²) in [6, 6.07) is 4.00. The Bertz CT molecular complexity index is 399. The first kappa shape index (κ1) is 15.2. The minimum atomic E-state index is -0.557. The molecule has 0 unspecified atom stereocenters. The molecule has 0 bridgehead atoms. The Kier molecular flexibility index (Phi) is 5.38. The van der Waals surface area contributed by atoms with Gasteiger partial charge in [-0.1, -0.05) is 12.5 Å². The number of aliphatic hydroxyl groups excluding tert-OH is 1. The van der Waals surface area contributed by atoms with Crippen LogP contribution >= 0.6 is 12.4 Å².